The first-order valence-corrected chi connectivity index (χ1v) is 18.5. The number of aromatic amines is 1. The van der Waals surface area contributed by atoms with Gasteiger partial charge in [-0.3, -0.25) is 4.99 Å². The van der Waals surface area contributed by atoms with Gasteiger partial charge in [-0.1, -0.05) is 54.6 Å². The molecule has 0 radical (unpaired) electrons. The molecule has 1 aromatic heterocycles. The van der Waals surface area contributed by atoms with Gasteiger partial charge < -0.3 is 29.2 Å². The molecule has 8 bridgehead atoms. The summed E-state index contributed by atoms with van der Waals surface area (Å²) in [5.41, 5.74) is 13.4. The summed E-state index contributed by atoms with van der Waals surface area (Å²) in [5, 5.41) is 3.92. The largest absolute Gasteiger partial charge is 0.497 e. The molecule has 276 valence electrons. The number of benzene rings is 4. The highest BCUT2D eigenvalue weighted by atomic mass is 16.5. The first kappa shape index (κ1) is 34.7. The Balaban J connectivity index is 1.30. The number of nitrogens with one attached hydrogen (secondary N) is 2. The van der Waals surface area contributed by atoms with Gasteiger partial charge in [0.15, 0.2) is 0 Å². The van der Waals surface area contributed by atoms with Crippen LogP contribution in [0.2, 0.25) is 0 Å². The molecule has 4 aliphatic rings. The van der Waals surface area contributed by atoms with Crippen molar-refractivity contribution in [2.75, 3.05) is 28.4 Å². The number of hydrogen-bond acceptors (Lipinski definition) is 7. The van der Waals surface area contributed by atoms with E-state index in [0.717, 1.165) is 102 Å². The number of aromatic nitrogens is 1. The summed E-state index contributed by atoms with van der Waals surface area (Å²) in [7, 11) is 6.73. The summed E-state index contributed by atoms with van der Waals surface area (Å²) in [6.07, 6.45) is 12.9. The third kappa shape index (κ3) is 6.35. The Hall–Kier alpha value is -7.06. The number of methoxy groups -OCH3 is 4. The molecule has 2 N–H and O–H groups in total. The molecule has 5 heterocycles. The van der Waals surface area contributed by atoms with E-state index >= 15 is 0 Å². The average molecular weight is 737 g/mol. The van der Waals surface area contributed by atoms with Crippen LogP contribution in [0.3, 0.4) is 0 Å². The van der Waals surface area contributed by atoms with Gasteiger partial charge in [0.1, 0.15) is 23.0 Å². The quantitative estimate of drug-likeness (QED) is 0.166. The maximum atomic E-state index is 5.55. The maximum absolute atomic E-state index is 5.55. The molecule has 0 saturated heterocycles. The Bertz CT molecular complexity index is 2560. The van der Waals surface area contributed by atoms with E-state index in [4.69, 9.17) is 28.9 Å². The molecular formula is C48H40N4O4. The summed E-state index contributed by atoms with van der Waals surface area (Å²) in [6.45, 7) is 0. The first-order valence-electron chi connectivity index (χ1n) is 18.5. The average Bonchev–Trinajstić information content (AvgIpc) is 4.10. The number of allylic oxidation sites excluding steroid dienone is 6. The van der Waals surface area contributed by atoms with Crippen molar-refractivity contribution in [2.24, 2.45) is 9.98 Å². The predicted octanol–water partition coefficient (Wildman–Crippen LogP) is 9.33. The third-order valence-electron chi connectivity index (χ3n) is 10.6. The van der Waals surface area contributed by atoms with Gasteiger partial charge in [0, 0.05) is 33.8 Å². The Morgan fingerprint density at radius 2 is 0.929 bits per heavy atom. The molecule has 4 aliphatic heterocycles. The van der Waals surface area contributed by atoms with Crippen molar-refractivity contribution in [3.05, 3.63) is 196 Å². The van der Waals surface area contributed by atoms with Gasteiger partial charge in [-0.15, -0.1) is 0 Å². The SMILES string of the molecule is COc1ccc(/C2=C3\C=CC(N3)C(c3ccc(OC)cc3)C3=N/C(=C(/c4ccc(OC)cc4)c4ccc([nH]4)/C(c4ccc(OC)cc4)=C4/C=CC2=N4)C=C3)cc1. The minimum Gasteiger partial charge on any atom is -0.497 e. The van der Waals surface area contributed by atoms with Crippen molar-refractivity contribution in [3.8, 4) is 23.0 Å². The Labute approximate surface area is 326 Å². The van der Waals surface area contributed by atoms with Gasteiger partial charge in [0.25, 0.3) is 0 Å². The molecule has 56 heavy (non-hydrogen) atoms. The molecule has 8 heteroatoms. The lowest BCUT2D eigenvalue weighted by atomic mass is 9.87. The number of nitrogens with zero attached hydrogens (tertiary/aromatic N) is 2. The molecule has 0 aliphatic carbocycles. The lowest BCUT2D eigenvalue weighted by Crippen LogP contribution is -2.33. The summed E-state index contributed by atoms with van der Waals surface area (Å²) >= 11 is 0. The molecule has 4 aromatic carbocycles. The van der Waals surface area contributed by atoms with Crippen LogP contribution in [0, 0.1) is 0 Å². The van der Waals surface area contributed by atoms with Crippen LogP contribution in [0.1, 0.15) is 39.6 Å². The standard InChI is InChI=1S/C48H40N4O4/c1-53-33-13-5-29(6-14-33)45-37-21-23-39(49-37)46(30-7-15-34(54-2)16-8-30)41-25-27-43(51-41)48(32-11-19-36(56-4)20-12-32)44-28-26-42(52-44)47(40-24-22-38(45)50-40)31-9-17-35(55-3)18-10-31/h5-28,37,45,49,52H,1-4H3/b46-39-,47-40-,48-43-. The molecule has 0 spiro atoms. The molecule has 0 saturated carbocycles. The van der Waals surface area contributed by atoms with E-state index in [1.807, 2.05) is 48.5 Å². The van der Waals surface area contributed by atoms with E-state index in [1.54, 1.807) is 28.4 Å². The van der Waals surface area contributed by atoms with Gasteiger partial charge >= 0.3 is 0 Å². The molecule has 5 aromatic rings. The van der Waals surface area contributed by atoms with Crippen LogP contribution in [-0.4, -0.2) is 50.9 Å². The minimum atomic E-state index is -0.122. The third-order valence-corrected chi connectivity index (χ3v) is 10.6. The van der Waals surface area contributed by atoms with E-state index in [9.17, 15) is 0 Å². The van der Waals surface area contributed by atoms with Crippen LogP contribution in [0.15, 0.2) is 173 Å². The van der Waals surface area contributed by atoms with Crippen molar-refractivity contribution in [1.29, 1.82) is 0 Å². The monoisotopic (exact) mass is 736 g/mol. The number of hydrogen-bond donors (Lipinski definition) is 2. The van der Waals surface area contributed by atoms with Gasteiger partial charge in [-0.25, -0.2) is 4.99 Å². The number of fused-ring (bicyclic) bond motifs is 6. The molecule has 2 unspecified atom stereocenters. The van der Waals surface area contributed by atoms with Crippen molar-refractivity contribution in [1.82, 2.24) is 10.3 Å². The van der Waals surface area contributed by atoms with Gasteiger partial charge in [0.05, 0.1) is 63.2 Å². The van der Waals surface area contributed by atoms with Crippen LogP contribution < -0.4 is 24.3 Å². The molecule has 2 atom stereocenters. The van der Waals surface area contributed by atoms with Crippen LogP contribution in [0.4, 0.5) is 0 Å². The molecule has 8 nitrogen and oxygen atoms in total. The topological polar surface area (TPSA) is 89.5 Å². The smallest absolute Gasteiger partial charge is 0.118 e. The summed E-state index contributed by atoms with van der Waals surface area (Å²) < 4.78 is 22.2. The van der Waals surface area contributed by atoms with E-state index in [-0.39, 0.29) is 12.0 Å². The fourth-order valence-corrected chi connectivity index (χ4v) is 7.81. The zero-order valence-electron chi connectivity index (χ0n) is 31.5. The van der Waals surface area contributed by atoms with Gasteiger partial charge in [-0.2, -0.15) is 0 Å². The fraction of sp³-hybridized carbons (Fsp3) is 0.125. The molecule has 0 fully saturated rings. The first-order chi connectivity index (χ1) is 27.5. The van der Waals surface area contributed by atoms with Crippen molar-refractivity contribution in [2.45, 2.75) is 12.0 Å². The highest BCUT2D eigenvalue weighted by Gasteiger charge is 2.33. The highest BCUT2D eigenvalue weighted by molar-refractivity contribution is 6.32. The molecular weight excluding hydrogens is 697 g/mol. The number of H-pyrrole nitrogens is 1. The van der Waals surface area contributed by atoms with E-state index < -0.39 is 0 Å². The van der Waals surface area contributed by atoms with E-state index in [2.05, 4.69) is 107 Å². The van der Waals surface area contributed by atoms with E-state index in [1.165, 1.54) is 0 Å². The summed E-state index contributed by atoms with van der Waals surface area (Å²) in [4.78, 5) is 14.6. The lowest BCUT2D eigenvalue weighted by molar-refractivity contribution is 0.414. The Morgan fingerprint density at radius 3 is 1.45 bits per heavy atom. The Morgan fingerprint density at radius 1 is 0.464 bits per heavy atom. The van der Waals surface area contributed by atoms with Crippen molar-refractivity contribution in [3.63, 3.8) is 0 Å². The van der Waals surface area contributed by atoms with Gasteiger partial charge in [-0.05, 0) is 113 Å². The fourth-order valence-electron chi connectivity index (χ4n) is 7.81. The second kappa shape index (κ2) is 14.6. The number of aliphatic imine (C=N–C) groups is 2. The molecule has 9 rings (SSSR count). The summed E-state index contributed by atoms with van der Waals surface area (Å²) in [6, 6.07) is 36.9. The predicted molar refractivity (Wildman–Crippen MR) is 224 cm³/mol. The van der Waals surface area contributed by atoms with Crippen LogP contribution in [-0.2, 0) is 0 Å². The van der Waals surface area contributed by atoms with Crippen molar-refractivity contribution >= 4 is 28.1 Å². The number of ether oxygens (including phenoxy) is 4. The number of rotatable bonds is 8. The Kier molecular flexibility index (Phi) is 9.07. The van der Waals surface area contributed by atoms with Gasteiger partial charge in [0.2, 0.25) is 0 Å². The highest BCUT2D eigenvalue weighted by Crippen LogP contribution is 2.40. The summed E-state index contributed by atoms with van der Waals surface area (Å²) in [5.74, 6) is 3.04. The second-order valence-electron chi connectivity index (χ2n) is 13.8. The normalized spacial score (nSPS) is 22.1. The zero-order chi connectivity index (χ0) is 38.2. The molecule has 0 amide bonds. The lowest BCUT2D eigenvalue weighted by Gasteiger charge is -2.25. The van der Waals surface area contributed by atoms with Crippen LogP contribution >= 0.6 is 0 Å². The van der Waals surface area contributed by atoms with Crippen LogP contribution in [0.5, 0.6) is 23.0 Å². The maximum Gasteiger partial charge on any atom is 0.118 e. The zero-order valence-corrected chi connectivity index (χ0v) is 31.5. The van der Waals surface area contributed by atoms with E-state index in [0.29, 0.717) is 0 Å². The van der Waals surface area contributed by atoms with Crippen molar-refractivity contribution < 1.29 is 18.9 Å². The van der Waals surface area contributed by atoms with Crippen LogP contribution in [0.25, 0.3) is 16.7 Å². The second-order valence-corrected chi connectivity index (χ2v) is 13.8. The minimum absolute atomic E-state index is 0.111.